The molecule has 2 aliphatic carbocycles. The zero-order valence-electron chi connectivity index (χ0n) is 8.86. The second kappa shape index (κ2) is 3.60. The third-order valence-corrected chi connectivity index (χ3v) is 4.13. The van der Waals surface area contributed by atoms with Crippen LogP contribution < -0.4 is 5.32 Å². The van der Waals surface area contributed by atoms with Crippen LogP contribution in [0.3, 0.4) is 0 Å². The summed E-state index contributed by atoms with van der Waals surface area (Å²) < 4.78 is 0. The number of hydrogen-bond acceptors (Lipinski definition) is 2. The van der Waals surface area contributed by atoms with Crippen molar-refractivity contribution in [1.29, 1.82) is 0 Å². The molecule has 1 N–H and O–H groups in total. The van der Waals surface area contributed by atoms with Crippen LogP contribution in [0.2, 0.25) is 0 Å². The van der Waals surface area contributed by atoms with Crippen molar-refractivity contribution in [3.8, 4) is 0 Å². The highest BCUT2D eigenvalue weighted by Gasteiger charge is 2.41. The lowest BCUT2D eigenvalue weighted by molar-refractivity contribution is -0.120. The minimum absolute atomic E-state index is 0.179. The van der Waals surface area contributed by atoms with Gasteiger partial charge in [-0.1, -0.05) is 18.2 Å². The molecule has 1 saturated heterocycles. The van der Waals surface area contributed by atoms with Crippen molar-refractivity contribution in [1.82, 2.24) is 5.32 Å². The van der Waals surface area contributed by atoms with Crippen molar-refractivity contribution in [3.63, 3.8) is 0 Å². The lowest BCUT2D eigenvalue weighted by Crippen LogP contribution is -2.38. The van der Waals surface area contributed by atoms with Gasteiger partial charge in [0.2, 0.25) is 0 Å². The molecule has 2 heteroatoms. The minimum atomic E-state index is 0.179. The van der Waals surface area contributed by atoms with Gasteiger partial charge < -0.3 is 5.32 Å². The van der Waals surface area contributed by atoms with E-state index >= 15 is 0 Å². The molecule has 1 heterocycles. The summed E-state index contributed by atoms with van der Waals surface area (Å²) in [6, 6.07) is 0. The molecule has 0 spiro atoms. The van der Waals surface area contributed by atoms with Gasteiger partial charge in [0.25, 0.3) is 0 Å². The van der Waals surface area contributed by atoms with Crippen molar-refractivity contribution in [2.45, 2.75) is 12.8 Å². The second-order valence-corrected chi connectivity index (χ2v) is 4.95. The van der Waals surface area contributed by atoms with Gasteiger partial charge in [0.15, 0.2) is 5.78 Å². The molecule has 3 aliphatic rings. The summed E-state index contributed by atoms with van der Waals surface area (Å²) in [5.74, 6) is 2.36. The maximum atomic E-state index is 11.8. The molecule has 0 radical (unpaired) electrons. The fourth-order valence-corrected chi connectivity index (χ4v) is 3.40. The average molecular weight is 203 g/mol. The summed E-state index contributed by atoms with van der Waals surface area (Å²) in [5.41, 5.74) is 0. The number of rotatable bonds is 0. The first-order valence-corrected chi connectivity index (χ1v) is 5.95. The predicted octanol–water partition coefficient (Wildman–Crippen LogP) is 1.54. The molecule has 0 amide bonds. The molecule has 1 fully saturated rings. The van der Waals surface area contributed by atoms with Crippen LogP contribution in [0.5, 0.6) is 0 Å². The van der Waals surface area contributed by atoms with E-state index in [4.69, 9.17) is 0 Å². The Morgan fingerprint density at radius 1 is 1.33 bits per heavy atom. The van der Waals surface area contributed by atoms with Crippen LogP contribution in [0.1, 0.15) is 12.8 Å². The Morgan fingerprint density at radius 2 is 2.27 bits per heavy atom. The summed E-state index contributed by atoms with van der Waals surface area (Å²) in [5, 5.41) is 3.49. The SMILES string of the molecule is O=C1C=CC2CCNCC3CC=CC1C23. The number of hydrogen-bond donors (Lipinski definition) is 1. The fourth-order valence-electron chi connectivity index (χ4n) is 3.40. The Labute approximate surface area is 90.4 Å². The zero-order valence-corrected chi connectivity index (χ0v) is 8.86. The molecule has 80 valence electrons. The lowest BCUT2D eigenvalue weighted by atomic mass is 9.65. The predicted molar refractivity (Wildman–Crippen MR) is 59.4 cm³/mol. The van der Waals surface area contributed by atoms with Crippen molar-refractivity contribution in [2.75, 3.05) is 13.1 Å². The number of allylic oxidation sites excluding steroid dienone is 4. The first-order chi connectivity index (χ1) is 7.36. The summed E-state index contributed by atoms with van der Waals surface area (Å²) in [6.07, 6.45) is 10.6. The van der Waals surface area contributed by atoms with E-state index < -0.39 is 0 Å². The standard InChI is InChI=1S/C13H17NO/c15-12-5-4-9-6-7-14-8-10-2-1-3-11(12)13(9)10/h1,3-5,9-11,13-14H,2,6-8H2. The quantitative estimate of drug-likeness (QED) is 0.605. The number of carbonyl (C=O) groups excluding carboxylic acids is 1. The van der Waals surface area contributed by atoms with Gasteiger partial charge in [0.1, 0.15) is 0 Å². The fraction of sp³-hybridized carbons (Fsp3) is 0.615. The summed E-state index contributed by atoms with van der Waals surface area (Å²) in [6.45, 7) is 2.19. The maximum absolute atomic E-state index is 11.8. The Kier molecular flexibility index (Phi) is 2.24. The smallest absolute Gasteiger partial charge is 0.162 e. The largest absolute Gasteiger partial charge is 0.316 e. The topological polar surface area (TPSA) is 29.1 Å². The third-order valence-electron chi connectivity index (χ3n) is 4.13. The van der Waals surface area contributed by atoms with E-state index in [1.54, 1.807) is 0 Å². The Balaban J connectivity index is 1.99. The van der Waals surface area contributed by atoms with Gasteiger partial charge in [-0.3, -0.25) is 4.79 Å². The highest BCUT2D eigenvalue weighted by Crippen LogP contribution is 2.41. The number of ketones is 1. The van der Waals surface area contributed by atoms with Crippen molar-refractivity contribution >= 4 is 5.78 Å². The molecule has 0 aromatic carbocycles. The van der Waals surface area contributed by atoms with Crippen LogP contribution in [0, 0.1) is 23.7 Å². The molecule has 4 unspecified atom stereocenters. The average Bonchev–Trinajstić information content (AvgIpc) is 2.47. The first kappa shape index (κ1) is 9.34. The molecular formula is C13H17NO. The third kappa shape index (κ3) is 1.48. The van der Waals surface area contributed by atoms with E-state index in [1.807, 2.05) is 6.08 Å². The van der Waals surface area contributed by atoms with Crippen LogP contribution in [0.4, 0.5) is 0 Å². The Hall–Kier alpha value is -0.890. The van der Waals surface area contributed by atoms with Crippen LogP contribution in [-0.2, 0) is 4.79 Å². The molecule has 0 saturated carbocycles. The Bertz CT molecular complexity index is 331. The van der Waals surface area contributed by atoms with Gasteiger partial charge in [0, 0.05) is 5.92 Å². The van der Waals surface area contributed by atoms with Crippen molar-refractivity contribution < 1.29 is 4.79 Å². The molecule has 1 aliphatic heterocycles. The molecule has 0 aromatic rings. The molecule has 0 aromatic heterocycles. The van der Waals surface area contributed by atoms with E-state index in [9.17, 15) is 4.79 Å². The van der Waals surface area contributed by atoms with Crippen molar-refractivity contribution in [3.05, 3.63) is 24.3 Å². The molecule has 2 nitrogen and oxygen atoms in total. The van der Waals surface area contributed by atoms with Gasteiger partial charge in [-0.25, -0.2) is 0 Å². The highest BCUT2D eigenvalue weighted by atomic mass is 16.1. The highest BCUT2D eigenvalue weighted by molar-refractivity contribution is 5.94. The molecular weight excluding hydrogens is 186 g/mol. The van der Waals surface area contributed by atoms with Crippen molar-refractivity contribution in [2.24, 2.45) is 23.7 Å². The van der Waals surface area contributed by atoms with Gasteiger partial charge in [-0.15, -0.1) is 0 Å². The van der Waals surface area contributed by atoms with E-state index in [0.717, 1.165) is 19.5 Å². The van der Waals surface area contributed by atoms with Crippen LogP contribution in [0.15, 0.2) is 24.3 Å². The summed E-state index contributed by atoms with van der Waals surface area (Å²) >= 11 is 0. The van der Waals surface area contributed by atoms with Gasteiger partial charge >= 0.3 is 0 Å². The van der Waals surface area contributed by atoms with E-state index in [-0.39, 0.29) is 5.92 Å². The normalized spacial score (nSPS) is 43.6. The van der Waals surface area contributed by atoms with Gasteiger partial charge in [0.05, 0.1) is 0 Å². The van der Waals surface area contributed by atoms with Gasteiger partial charge in [-0.2, -0.15) is 0 Å². The molecule has 4 atom stereocenters. The monoisotopic (exact) mass is 203 g/mol. The lowest BCUT2D eigenvalue weighted by Gasteiger charge is -2.38. The van der Waals surface area contributed by atoms with E-state index in [0.29, 0.717) is 23.5 Å². The summed E-state index contributed by atoms with van der Waals surface area (Å²) in [7, 11) is 0. The van der Waals surface area contributed by atoms with Crippen LogP contribution in [0.25, 0.3) is 0 Å². The summed E-state index contributed by atoms with van der Waals surface area (Å²) in [4.78, 5) is 11.8. The first-order valence-electron chi connectivity index (χ1n) is 5.95. The van der Waals surface area contributed by atoms with Gasteiger partial charge in [-0.05, 0) is 49.8 Å². The molecule has 3 rings (SSSR count). The minimum Gasteiger partial charge on any atom is -0.316 e. The van der Waals surface area contributed by atoms with E-state index in [2.05, 4.69) is 23.5 Å². The van der Waals surface area contributed by atoms with Crippen LogP contribution >= 0.6 is 0 Å². The molecule has 15 heavy (non-hydrogen) atoms. The zero-order chi connectivity index (χ0) is 10.3. The maximum Gasteiger partial charge on any atom is 0.162 e. The second-order valence-electron chi connectivity index (χ2n) is 4.95. The van der Waals surface area contributed by atoms with Crippen LogP contribution in [-0.4, -0.2) is 18.9 Å². The Morgan fingerprint density at radius 3 is 3.20 bits per heavy atom. The number of nitrogens with one attached hydrogen (secondary N) is 1. The molecule has 0 bridgehead atoms. The number of carbonyl (C=O) groups is 1. The van der Waals surface area contributed by atoms with E-state index in [1.165, 1.54) is 6.42 Å².